The van der Waals surface area contributed by atoms with Gasteiger partial charge in [-0.3, -0.25) is 14.5 Å². The van der Waals surface area contributed by atoms with E-state index in [4.69, 9.17) is 10.5 Å². The summed E-state index contributed by atoms with van der Waals surface area (Å²) in [6.07, 6.45) is 6.84. The predicted molar refractivity (Wildman–Crippen MR) is 162 cm³/mol. The number of nitrogens with zero attached hydrogens (tertiary/aromatic N) is 4. The van der Waals surface area contributed by atoms with E-state index in [2.05, 4.69) is 30.8 Å². The molecule has 2 aliphatic heterocycles. The summed E-state index contributed by atoms with van der Waals surface area (Å²) in [6.45, 7) is 3.57. The van der Waals surface area contributed by atoms with E-state index in [0.717, 1.165) is 40.9 Å². The quantitative estimate of drug-likeness (QED) is 0.373. The van der Waals surface area contributed by atoms with Gasteiger partial charge in [0.1, 0.15) is 18.3 Å². The molecule has 2 aromatic carbocycles. The minimum atomic E-state index is -0.829. The smallest absolute Gasteiger partial charge is 0.278 e. The number of piperidine rings is 1. The molecule has 0 unspecified atom stereocenters. The van der Waals surface area contributed by atoms with Gasteiger partial charge in [0.05, 0.1) is 11.1 Å². The topological polar surface area (TPSA) is 101 Å². The fourth-order valence-corrected chi connectivity index (χ4v) is 6.72. The fraction of sp³-hybridized carbons (Fsp3) is 0.375. The number of nitrogens with two attached hydrogens (primary N) is 1. The van der Waals surface area contributed by atoms with Gasteiger partial charge in [0, 0.05) is 46.9 Å². The number of carbonyl (C=O) groups excluding carboxylic acids is 2. The summed E-state index contributed by atoms with van der Waals surface area (Å²) in [6, 6.07) is 14.8. The summed E-state index contributed by atoms with van der Waals surface area (Å²) in [5.41, 5.74) is 8.10. The number of hydrogen-bond donors (Lipinski definition) is 1. The Bertz CT molecular complexity index is 1520. The maximum Gasteiger partial charge on any atom is 0.278 e. The van der Waals surface area contributed by atoms with Crippen molar-refractivity contribution in [3.05, 3.63) is 87.8 Å². The van der Waals surface area contributed by atoms with Crippen LogP contribution >= 0.6 is 15.9 Å². The van der Waals surface area contributed by atoms with Crippen molar-refractivity contribution >= 4 is 39.3 Å². The Morgan fingerprint density at radius 2 is 1.86 bits per heavy atom. The highest BCUT2D eigenvalue weighted by Gasteiger charge is 2.54. The number of rotatable bonds is 8. The molecule has 1 aliphatic carbocycles. The maximum absolute atomic E-state index is 13.5. The van der Waals surface area contributed by atoms with Crippen LogP contribution in [-0.2, 0) is 16.6 Å². The van der Waals surface area contributed by atoms with Crippen LogP contribution < -0.4 is 15.4 Å². The number of hydrogen-bond acceptors (Lipinski definition) is 5. The SMILES string of the molecule is NC(=O)C1(c2cccc(Br)c2)CC(N2C(=NC(=O)c3ccc(F)cc3)Cc3cnc(OCCN4CCCCC4)cc32)C1. The van der Waals surface area contributed by atoms with Gasteiger partial charge in [0.15, 0.2) is 0 Å². The van der Waals surface area contributed by atoms with E-state index in [1.165, 1.54) is 43.5 Å². The Morgan fingerprint density at radius 3 is 2.57 bits per heavy atom. The maximum atomic E-state index is 13.5. The number of halogens is 2. The number of ether oxygens (including phenoxy) is 1. The molecule has 8 nitrogen and oxygen atoms in total. The van der Waals surface area contributed by atoms with Crippen LogP contribution in [0.15, 0.2) is 70.3 Å². The number of likely N-dealkylation sites (tertiary alicyclic amines) is 1. The molecule has 3 aliphatic rings. The highest BCUT2D eigenvalue weighted by atomic mass is 79.9. The van der Waals surface area contributed by atoms with Crippen LogP contribution in [0.25, 0.3) is 0 Å². The number of aliphatic imine (C=N–C) groups is 1. The predicted octanol–water partition coefficient (Wildman–Crippen LogP) is 5.04. The van der Waals surface area contributed by atoms with Crippen LogP contribution in [0.1, 0.15) is 53.6 Å². The number of carbonyl (C=O) groups is 2. The lowest BCUT2D eigenvalue weighted by Gasteiger charge is -2.50. The molecule has 3 aromatic rings. The van der Waals surface area contributed by atoms with Gasteiger partial charge in [-0.25, -0.2) is 9.37 Å². The number of primary amides is 1. The van der Waals surface area contributed by atoms with Crippen LogP contribution in [0.4, 0.5) is 10.1 Å². The number of aromatic nitrogens is 1. The second-order valence-corrected chi connectivity index (χ2v) is 12.2. The molecule has 1 saturated carbocycles. The molecule has 0 bridgehead atoms. The number of amidine groups is 1. The van der Waals surface area contributed by atoms with Crippen molar-refractivity contribution in [2.75, 3.05) is 31.1 Å². The summed E-state index contributed by atoms with van der Waals surface area (Å²) in [5, 5.41) is 0. The van der Waals surface area contributed by atoms with Gasteiger partial charge in [0.25, 0.3) is 5.91 Å². The second-order valence-electron chi connectivity index (χ2n) is 11.3. The molecular weight excluding hydrogens is 601 g/mol. The van der Waals surface area contributed by atoms with E-state index in [1.54, 1.807) is 6.20 Å². The third-order valence-corrected chi connectivity index (χ3v) is 9.13. The third kappa shape index (κ3) is 5.70. The normalized spacial score (nSPS) is 23.0. The number of amides is 2. The van der Waals surface area contributed by atoms with Gasteiger partial charge in [0.2, 0.25) is 11.8 Å². The van der Waals surface area contributed by atoms with Crippen LogP contribution in [0.3, 0.4) is 0 Å². The van der Waals surface area contributed by atoms with Crippen molar-refractivity contribution in [2.45, 2.75) is 50.0 Å². The zero-order valence-corrected chi connectivity index (χ0v) is 24.9. The average Bonchev–Trinajstić information content (AvgIpc) is 3.30. The van der Waals surface area contributed by atoms with Gasteiger partial charge in [-0.2, -0.15) is 4.99 Å². The Kier molecular flexibility index (Phi) is 8.09. The zero-order chi connectivity index (χ0) is 29.3. The highest BCUT2D eigenvalue weighted by molar-refractivity contribution is 9.10. The summed E-state index contributed by atoms with van der Waals surface area (Å²) in [7, 11) is 0. The Hall–Kier alpha value is -3.63. The first-order chi connectivity index (χ1) is 20.3. The van der Waals surface area contributed by atoms with Crippen molar-refractivity contribution in [3.8, 4) is 5.88 Å². The Morgan fingerprint density at radius 1 is 1.10 bits per heavy atom. The van der Waals surface area contributed by atoms with E-state index >= 15 is 0 Å². The summed E-state index contributed by atoms with van der Waals surface area (Å²) in [4.78, 5) is 39.4. The summed E-state index contributed by atoms with van der Waals surface area (Å²) < 4.78 is 20.4. The van der Waals surface area contributed by atoms with E-state index in [0.29, 0.717) is 43.1 Å². The molecular formula is C32H33BrFN5O3. The molecule has 0 spiro atoms. The van der Waals surface area contributed by atoms with Crippen LogP contribution in [0.5, 0.6) is 5.88 Å². The summed E-state index contributed by atoms with van der Waals surface area (Å²) >= 11 is 3.51. The lowest BCUT2D eigenvalue weighted by molar-refractivity contribution is -0.127. The van der Waals surface area contributed by atoms with Crippen molar-refractivity contribution in [2.24, 2.45) is 10.7 Å². The zero-order valence-electron chi connectivity index (χ0n) is 23.3. The number of benzene rings is 2. The Balaban J connectivity index is 1.28. The fourth-order valence-electron chi connectivity index (χ4n) is 6.32. The number of pyridine rings is 1. The van der Waals surface area contributed by atoms with E-state index in [-0.39, 0.29) is 11.9 Å². The molecule has 6 rings (SSSR count). The second kappa shape index (κ2) is 11.9. The molecule has 42 heavy (non-hydrogen) atoms. The van der Waals surface area contributed by atoms with Crippen LogP contribution in [0, 0.1) is 5.82 Å². The molecule has 0 atom stereocenters. The molecule has 2 N–H and O–H groups in total. The highest BCUT2D eigenvalue weighted by Crippen LogP contribution is 2.49. The molecule has 10 heteroatoms. The third-order valence-electron chi connectivity index (χ3n) is 8.63. The Labute approximate surface area is 252 Å². The minimum Gasteiger partial charge on any atom is -0.476 e. The van der Waals surface area contributed by atoms with Crippen molar-refractivity contribution < 1.29 is 18.7 Å². The standard InChI is InChI=1S/C32H33BrFN5O3/c33-24-6-4-5-23(16-24)32(31(35)41)18-26(19-32)39-27-17-29(42-14-13-38-11-2-1-3-12-38)36-20-22(27)15-28(39)37-30(40)21-7-9-25(34)10-8-21/h4-10,16-17,20,26H,1-3,11-15,18-19H2,(H2,35,41). The van der Waals surface area contributed by atoms with Gasteiger partial charge in [-0.05, 0) is 80.7 Å². The molecule has 1 saturated heterocycles. The minimum absolute atomic E-state index is 0.124. The van der Waals surface area contributed by atoms with Gasteiger partial charge in [-0.1, -0.05) is 34.5 Å². The van der Waals surface area contributed by atoms with Crippen molar-refractivity contribution in [3.63, 3.8) is 0 Å². The molecule has 3 heterocycles. The first-order valence-corrected chi connectivity index (χ1v) is 15.2. The lowest BCUT2D eigenvalue weighted by atomic mass is 9.60. The van der Waals surface area contributed by atoms with E-state index < -0.39 is 17.1 Å². The van der Waals surface area contributed by atoms with E-state index in [9.17, 15) is 14.0 Å². The first-order valence-electron chi connectivity index (χ1n) is 14.4. The van der Waals surface area contributed by atoms with Gasteiger partial charge in [-0.15, -0.1) is 0 Å². The molecule has 2 amide bonds. The average molecular weight is 635 g/mol. The first kappa shape index (κ1) is 28.5. The van der Waals surface area contributed by atoms with Gasteiger partial charge < -0.3 is 15.4 Å². The largest absolute Gasteiger partial charge is 0.476 e. The molecule has 1 aromatic heterocycles. The van der Waals surface area contributed by atoms with Crippen molar-refractivity contribution in [1.29, 1.82) is 0 Å². The molecule has 0 radical (unpaired) electrons. The van der Waals surface area contributed by atoms with Gasteiger partial charge >= 0.3 is 0 Å². The van der Waals surface area contributed by atoms with E-state index in [1.807, 2.05) is 35.2 Å². The van der Waals surface area contributed by atoms with Crippen LogP contribution in [-0.4, -0.2) is 59.8 Å². The van der Waals surface area contributed by atoms with Crippen LogP contribution in [0.2, 0.25) is 0 Å². The molecule has 218 valence electrons. The molecule has 2 fully saturated rings. The van der Waals surface area contributed by atoms with Crippen molar-refractivity contribution in [1.82, 2.24) is 9.88 Å². The number of anilines is 1. The monoisotopic (exact) mass is 633 g/mol. The number of fused-ring (bicyclic) bond motifs is 1. The summed E-state index contributed by atoms with van der Waals surface area (Å²) in [5.74, 6) is -0.189. The lowest BCUT2D eigenvalue weighted by Crippen LogP contribution is -2.60.